The Morgan fingerprint density at radius 3 is 2.88 bits per heavy atom. The zero-order valence-electron chi connectivity index (χ0n) is 14.9. The molecule has 0 saturated carbocycles. The lowest BCUT2D eigenvalue weighted by molar-refractivity contribution is -0.116. The van der Waals surface area contributed by atoms with Gasteiger partial charge in [-0.2, -0.15) is 5.10 Å². The van der Waals surface area contributed by atoms with Gasteiger partial charge in [0.25, 0.3) is 0 Å². The third-order valence-electron chi connectivity index (χ3n) is 4.91. The highest BCUT2D eigenvalue weighted by Gasteiger charge is 2.20. The maximum absolute atomic E-state index is 12.4. The number of likely N-dealkylation sites (N-methyl/N-ethyl adjacent to an activating group) is 1. The molecule has 0 saturated heterocycles. The monoisotopic (exact) mass is 326 g/mol. The first-order chi connectivity index (χ1) is 11.5. The van der Waals surface area contributed by atoms with Crippen LogP contribution in [0.3, 0.4) is 0 Å². The fraction of sp³-hybridized carbons (Fsp3) is 0.474. The van der Waals surface area contributed by atoms with Crippen LogP contribution in [0.15, 0.2) is 18.2 Å². The molecule has 0 fully saturated rings. The molecule has 24 heavy (non-hydrogen) atoms. The van der Waals surface area contributed by atoms with Gasteiger partial charge in [-0.05, 0) is 56.4 Å². The molecule has 0 radical (unpaired) electrons. The first-order valence-corrected chi connectivity index (χ1v) is 8.68. The van der Waals surface area contributed by atoms with Crippen LogP contribution in [0.4, 0.5) is 11.4 Å². The molecule has 2 aromatic rings. The van der Waals surface area contributed by atoms with Crippen LogP contribution in [0.2, 0.25) is 0 Å². The van der Waals surface area contributed by atoms with Crippen molar-refractivity contribution >= 4 is 17.3 Å². The molecule has 1 amide bonds. The third kappa shape index (κ3) is 3.16. The number of hydrogen-bond acceptors (Lipinski definition) is 3. The molecule has 1 atom stereocenters. The van der Waals surface area contributed by atoms with Gasteiger partial charge in [0.2, 0.25) is 5.91 Å². The summed E-state index contributed by atoms with van der Waals surface area (Å²) in [5.41, 5.74) is 6.67. The van der Waals surface area contributed by atoms with Crippen molar-refractivity contribution in [2.75, 3.05) is 23.3 Å². The fourth-order valence-electron chi connectivity index (χ4n) is 3.73. The Labute approximate surface area is 143 Å². The number of carbonyl (C=O) groups is 1. The molecule has 0 unspecified atom stereocenters. The lowest BCUT2D eigenvalue weighted by Crippen LogP contribution is -2.19. The van der Waals surface area contributed by atoms with E-state index in [-0.39, 0.29) is 11.8 Å². The van der Waals surface area contributed by atoms with Gasteiger partial charge in [-0.1, -0.05) is 13.0 Å². The van der Waals surface area contributed by atoms with Crippen LogP contribution in [0, 0.1) is 13.8 Å². The number of aromatic nitrogens is 2. The Morgan fingerprint density at radius 1 is 1.42 bits per heavy atom. The quantitative estimate of drug-likeness (QED) is 0.883. The number of benzene rings is 1. The average molecular weight is 326 g/mol. The van der Waals surface area contributed by atoms with Gasteiger partial charge in [-0.3, -0.25) is 9.89 Å². The largest absolute Gasteiger partial charge is 0.371 e. The molecule has 1 aliphatic heterocycles. The molecule has 1 aliphatic rings. The van der Waals surface area contributed by atoms with Crippen LogP contribution in [0.5, 0.6) is 0 Å². The maximum atomic E-state index is 12.4. The van der Waals surface area contributed by atoms with Crippen LogP contribution >= 0.6 is 0 Å². The van der Waals surface area contributed by atoms with E-state index in [2.05, 4.69) is 46.4 Å². The number of nitrogens with zero attached hydrogens (tertiary/aromatic N) is 2. The number of anilines is 2. The van der Waals surface area contributed by atoms with Crippen LogP contribution in [0.1, 0.15) is 48.7 Å². The van der Waals surface area contributed by atoms with Crippen molar-refractivity contribution in [1.29, 1.82) is 0 Å². The zero-order valence-corrected chi connectivity index (χ0v) is 14.9. The summed E-state index contributed by atoms with van der Waals surface area (Å²) < 4.78 is 0. The number of H-pyrrole nitrogens is 1. The molecular weight excluding hydrogens is 300 g/mol. The second-order valence-corrected chi connectivity index (χ2v) is 6.67. The first-order valence-electron chi connectivity index (χ1n) is 8.68. The molecular formula is C19H26N4O. The van der Waals surface area contributed by atoms with Crippen molar-refractivity contribution in [2.45, 2.75) is 46.5 Å². The molecule has 5 heteroatoms. The maximum Gasteiger partial charge on any atom is 0.224 e. The summed E-state index contributed by atoms with van der Waals surface area (Å²) in [5, 5.41) is 10.3. The SMILES string of the molecule is CCN1CCc2ccc(NC(=O)C[C@@H](C)c3c(C)n[nH]c3C)cc21. The normalized spacial score (nSPS) is 14.6. The number of hydrogen-bond donors (Lipinski definition) is 2. The van der Waals surface area contributed by atoms with E-state index in [0.717, 1.165) is 42.1 Å². The zero-order chi connectivity index (χ0) is 17.3. The Balaban J connectivity index is 1.67. The number of carbonyl (C=O) groups excluding carboxylic acids is 1. The summed E-state index contributed by atoms with van der Waals surface area (Å²) in [6.45, 7) is 10.3. The summed E-state index contributed by atoms with van der Waals surface area (Å²) in [6.07, 6.45) is 1.54. The van der Waals surface area contributed by atoms with E-state index < -0.39 is 0 Å². The third-order valence-corrected chi connectivity index (χ3v) is 4.91. The van der Waals surface area contributed by atoms with E-state index in [9.17, 15) is 4.79 Å². The van der Waals surface area contributed by atoms with Crippen LogP contribution in [-0.4, -0.2) is 29.2 Å². The molecule has 0 spiro atoms. The molecule has 1 aromatic heterocycles. The topological polar surface area (TPSA) is 61.0 Å². The van der Waals surface area contributed by atoms with Gasteiger partial charge in [0, 0.05) is 36.6 Å². The van der Waals surface area contributed by atoms with Crippen LogP contribution < -0.4 is 10.2 Å². The minimum absolute atomic E-state index is 0.0449. The van der Waals surface area contributed by atoms with Crippen LogP contribution in [0.25, 0.3) is 0 Å². The number of fused-ring (bicyclic) bond motifs is 1. The Kier molecular flexibility index (Phi) is 4.60. The Bertz CT molecular complexity index is 730. The number of nitrogens with one attached hydrogen (secondary N) is 2. The van der Waals surface area contributed by atoms with Crippen LogP contribution in [-0.2, 0) is 11.2 Å². The fourth-order valence-corrected chi connectivity index (χ4v) is 3.73. The van der Waals surface area contributed by atoms with E-state index in [0.29, 0.717) is 6.42 Å². The Morgan fingerprint density at radius 2 is 2.21 bits per heavy atom. The highest BCUT2D eigenvalue weighted by molar-refractivity contribution is 5.92. The predicted octanol–water partition coefficient (Wildman–Crippen LogP) is 3.54. The van der Waals surface area contributed by atoms with E-state index in [1.807, 2.05) is 19.9 Å². The van der Waals surface area contributed by atoms with E-state index in [4.69, 9.17) is 0 Å². The summed E-state index contributed by atoms with van der Waals surface area (Å²) in [4.78, 5) is 14.8. The van der Waals surface area contributed by atoms with E-state index in [1.165, 1.54) is 11.3 Å². The lowest BCUT2D eigenvalue weighted by atomic mass is 9.95. The van der Waals surface area contributed by atoms with Gasteiger partial charge in [-0.15, -0.1) is 0 Å². The number of rotatable bonds is 5. The summed E-state index contributed by atoms with van der Waals surface area (Å²) in [6, 6.07) is 6.24. The highest BCUT2D eigenvalue weighted by Crippen LogP contribution is 2.31. The number of aromatic amines is 1. The van der Waals surface area contributed by atoms with Crippen molar-refractivity contribution in [3.8, 4) is 0 Å². The lowest BCUT2D eigenvalue weighted by Gasteiger charge is -2.18. The number of amides is 1. The van der Waals surface area contributed by atoms with Crippen molar-refractivity contribution in [2.24, 2.45) is 0 Å². The minimum atomic E-state index is 0.0449. The summed E-state index contributed by atoms with van der Waals surface area (Å²) in [5.74, 6) is 0.189. The Hall–Kier alpha value is -2.30. The molecule has 0 bridgehead atoms. The molecule has 5 nitrogen and oxygen atoms in total. The van der Waals surface area contributed by atoms with E-state index in [1.54, 1.807) is 0 Å². The van der Waals surface area contributed by atoms with Crippen molar-refractivity contribution in [3.63, 3.8) is 0 Å². The predicted molar refractivity (Wildman–Crippen MR) is 97.8 cm³/mol. The standard InChI is InChI=1S/C19H26N4O/c1-5-23-9-8-15-6-7-16(11-17(15)23)20-18(24)10-12(2)19-13(3)21-22-14(19)4/h6-7,11-12H,5,8-10H2,1-4H3,(H,20,24)(H,21,22)/t12-/m1/s1. The van der Waals surface area contributed by atoms with Crippen molar-refractivity contribution in [3.05, 3.63) is 40.7 Å². The molecule has 2 N–H and O–H groups in total. The van der Waals surface area contributed by atoms with E-state index >= 15 is 0 Å². The van der Waals surface area contributed by atoms with Gasteiger partial charge in [0.15, 0.2) is 0 Å². The van der Waals surface area contributed by atoms with Gasteiger partial charge >= 0.3 is 0 Å². The highest BCUT2D eigenvalue weighted by atomic mass is 16.1. The van der Waals surface area contributed by atoms with Gasteiger partial charge in [0.05, 0.1) is 5.69 Å². The second-order valence-electron chi connectivity index (χ2n) is 6.67. The summed E-state index contributed by atoms with van der Waals surface area (Å²) >= 11 is 0. The molecule has 3 rings (SSSR count). The first kappa shape index (κ1) is 16.6. The number of aryl methyl sites for hydroxylation is 2. The van der Waals surface area contributed by atoms with Gasteiger partial charge in [0.1, 0.15) is 0 Å². The minimum Gasteiger partial charge on any atom is -0.371 e. The molecule has 0 aliphatic carbocycles. The van der Waals surface area contributed by atoms with Crippen molar-refractivity contribution < 1.29 is 4.79 Å². The molecule has 1 aromatic carbocycles. The smallest absolute Gasteiger partial charge is 0.224 e. The average Bonchev–Trinajstić information content (AvgIpc) is 3.09. The van der Waals surface area contributed by atoms with Gasteiger partial charge < -0.3 is 10.2 Å². The van der Waals surface area contributed by atoms with Gasteiger partial charge in [-0.25, -0.2) is 0 Å². The molecule has 2 heterocycles. The summed E-state index contributed by atoms with van der Waals surface area (Å²) in [7, 11) is 0. The second kappa shape index (κ2) is 6.67. The van der Waals surface area contributed by atoms with Crippen molar-refractivity contribution in [1.82, 2.24) is 10.2 Å². The molecule has 128 valence electrons.